The van der Waals surface area contributed by atoms with E-state index in [9.17, 15) is 0 Å². The first-order valence-electron chi connectivity index (χ1n) is 5.18. The number of hydrogen-bond donors (Lipinski definition) is 1. The minimum Gasteiger partial charge on any atom is -0.339 e. The molecule has 1 nitrogen and oxygen atoms in total. The van der Waals surface area contributed by atoms with E-state index in [1.807, 2.05) is 0 Å². The molecule has 0 radical (unpaired) electrons. The lowest BCUT2D eigenvalue weighted by atomic mass is 10.0. The molecule has 2 rings (SSSR count). The fraction of sp³-hybridized carbons (Fsp3) is 0.0714. The second-order valence-electron chi connectivity index (χ2n) is 3.71. The van der Waals surface area contributed by atoms with Gasteiger partial charge < -0.3 is 5.09 Å². The Kier molecular flexibility index (Phi) is 3.38. The normalized spacial score (nSPS) is 10.3. The molecule has 0 bridgehead atoms. The number of nitrogens with one attached hydrogen (secondary N) is 1. The summed E-state index contributed by atoms with van der Waals surface area (Å²) in [7, 11) is 0.928. The van der Waals surface area contributed by atoms with Gasteiger partial charge in [0.05, 0.1) is 0 Å². The van der Waals surface area contributed by atoms with Gasteiger partial charge in [-0.2, -0.15) is 0 Å². The molecule has 2 aromatic carbocycles. The zero-order valence-corrected chi connectivity index (χ0v) is 10.2. The van der Waals surface area contributed by atoms with Crippen LogP contribution in [0.1, 0.15) is 5.56 Å². The maximum Gasteiger partial charge on any atom is 0.0415 e. The molecule has 16 heavy (non-hydrogen) atoms. The van der Waals surface area contributed by atoms with Crippen LogP contribution in [0, 0.1) is 6.92 Å². The Morgan fingerprint density at radius 3 is 1.88 bits per heavy atom. The van der Waals surface area contributed by atoms with Crippen molar-refractivity contribution in [2.75, 3.05) is 5.09 Å². The molecule has 0 aliphatic heterocycles. The highest BCUT2D eigenvalue weighted by atomic mass is 31.1. The fourth-order valence-electron chi connectivity index (χ4n) is 1.57. The maximum absolute atomic E-state index is 3.73. The van der Waals surface area contributed by atoms with Crippen LogP contribution in [0.2, 0.25) is 0 Å². The maximum atomic E-state index is 3.73. The molecule has 2 aromatic rings. The van der Waals surface area contributed by atoms with Gasteiger partial charge in [-0.15, -0.1) is 0 Å². The van der Waals surface area contributed by atoms with Crippen molar-refractivity contribution < 1.29 is 0 Å². The van der Waals surface area contributed by atoms with Crippen molar-refractivity contribution in [2.24, 2.45) is 0 Å². The van der Waals surface area contributed by atoms with Gasteiger partial charge >= 0.3 is 0 Å². The quantitative estimate of drug-likeness (QED) is 0.768. The molecule has 0 aliphatic rings. The Morgan fingerprint density at radius 1 is 0.875 bits per heavy atom. The van der Waals surface area contributed by atoms with Crippen LogP contribution in [0.3, 0.4) is 0 Å². The summed E-state index contributed by atoms with van der Waals surface area (Å²) >= 11 is 0. The predicted molar refractivity (Wildman–Crippen MR) is 74.3 cm³/mol. The molecule has 0 fully saturated rings. The number of anilines is 1. The molecule has 0 saturated carbocycles. The molecule has 2 heteroatoms. The van der Waals surface area contributed by atoms with Crippen molar-refractivity contribution in [3.05, 3.63) is 54.1 Å². The highest BCUT2D eigenvalue weighted by Gasteiger charge is 1.96. The highest BCUT2D eigenvalue weighted by Crippen LogP contribution is 2.22. The lowest BCUT2D eigenvalue weighted by molar-refractivity contribution is 1.47. The summed E-state index contributed by atoms with van der Waals surface area (Å²) in [6.07, 6.45) is 3.73. The zero-order valence-electron chi connectivity index (χ0n) is 9.27. The molecular weight excluding hydrogens is 213 g/mol. The van der Waals surface area contributed by atoms with Crippen LogP contribution in [0.25, 0.3) is 11.1 Å². The predicted octanol–water partition coefficient (Wildman–Crippen LogP) is 4.37. The van der Waals surface area contributed by atoms with Crippen molar-refractivity contribution in [3.63, 3.8) is 0 Å². The largest absolute Gasteiger partial charge is 0.339 e. The van der Waals surface area contributed by atoms with Gasteiger partial charge in [0.2, 0.25) is 0 Å². The van der Waals surface area contributed by atoms with Crippen molar-refractivity contribution in [1.82, 2.24) is 0 Å². The molecule has 80 valence electrons. The molecule has 0 heterocycles. The lowest BCUT2D eigenvalue weighted by Gasteiger charge is -2.04. The Labute approximate surface area is 98.0 Å². The zero-order chi connectivity index (χ0) is 11.4. The Balaban J connectivity index is 2.27. The number of benzene rings is 2. The highest BCUT2D eigenvalue weighted by molar-refractivity contribution is 7.38. The Hall–Kier alpha value is -1.59. The molecular formula is C14H14NP. The van der Waals surface area contributed by atoms with Crippen LogP contribution in [-0.4, -0.2) is 6.30 Å². The van der Waals surface area contributed by atoms with E-state index in [2.05, 4.69) is 66.8 Å². The second-order valence-corrected chi connectivity index (χ2v) is 4.25. The summed E-state index contributed by atoms with van der Waals surface area (Å²) in [6.45, 7) is 2.10. The van der Waals surface area contributed by atoms with Crippen LogP contribution in [0.5, 0.6) is 0 Å². The average Bonchev–Trinajstić information content (AvgIpc) is 2.32. The first-order chi connectivity index (χ1) is 7.79. The average molecular weight is 227 g/mol. The summed E-state index contributed by atoms with van der Waals surface area (Å²) in [6, 6.07) is 17.0. The summed E-state index contributed by atoms with van der Waals surface area (Å²) in [5.74, 6) is 0. The summed E-state index contributed by atoms with van der Waals surface area (Å²) < 4.78 is 0. The first-order valence-corrected chi connectivity index (χ1v) is 6.26. The number of aryl methyl sites for hydroxylation is 1. The second kappa shape index (κ2) is 4.96. The number of hydrogen-bond acceptors (Lipinski definition) is 1. The smallest absolute Gasteiger partial charge is 0.0415 e. The van der Waals surface area contributed by atoms with Crippen LogP contribution in [-0.2, 0) is 0 Å². The Bertz CT molecular complexity index is 471. The number of rotatable bonds is 3. The summed E-state index contributed by atoms with van der Waals surface area (Å²) in [4.78, 5) is 0. The van der Waals surface area contributed by atoms with Crippen LogP contribution < -0.4 is 5.09 Å². The first kappa shape index (κ1) is 10.9. The van der Waals surface area contributed by atoms with Gasteiger partial charge in [0.25, 0.3) is 0 Å². The van der Waals surface area contributed by atoms with E-state index in [1.165, 1.54) is 16.7 Å². The molecule has 0 aliphatic carbocycles. The molecule has 0 atom stereocenters. The van der Waals surface area contributed by atoms with Gasteiger partial charge in [-0.05, 0) is 30.2 Å². The minimum absolute atomic E-state index is 0.928. The standard InChI is InChI=1S/C14H14NP/c1-11-3-5-12(6-4-11)13-7-9-14(10-8-13)15-16-2/h3-10,15H,2H2,1H3. The van der Waals surface area contributed by atoms with Crippen molar-refractivity contribution in [1.29, 1.82) is 0 Å². The Morgan fingerprint density at radius 2 is 1.38 bits per heavy atom. The van der Waals surface area contributed by atoms with Crippen LogP contribution in [0.4, 0.5) is 5.69 Å². The van der Waals surface area contributed by atoms with Gasteiger partial charge in [0, 0.05) is 14.0 Å². The van der Waals surface area contributed by atoms with Crippen LogP contribution >= 0.6 is 8.35 Å². The van der Waals surface area contributed by atoms with Gasteiger partial charge in [-0.25, -0.2) is 0 Å². The van der Waals surface area contributed by atoms with Crippen molar-refractivity contribution in [3.8, 4) is 11.1 Å². The van der Waals surface area contributed by atoms with E-state index >= 15 is 0 Å². The van der Waals surface area contributed by atoms with Gasteiger partial charge in [0.1, 0.15) is 0 Å². The van der Waals surface area contributed by atoms with E-state index < -0.39 is 0 Å². The molecule has 0 aromatic heterocycles. The molecule has 0 spiro atoms. The van der Waals surface area contributed by atoms with E-state index in [1.54, 1.807) is 0 Å². The molecule has 0 amide bonds. The van der Waals surface area contributed by atoms with Gasteiger partial charge in [-0.1, -0.05) is 48.3 Å². The van der Waals surface area contributed by atoms with Gasteiger partial charge in [0.15, 0.2) is 0 Å². The van der Waals surface area contributed by atoms with Crippen molar-refractivity contribution >= 4 is 20.3 Å². The summed E-state index contributed by atoms with van der Waals surface area (Å²) in [5, 5.41) is 3.16. The molecule has 0 saturated heterocycles. The van der Waals surface area contributed by atoms with Crippen LogP contribution in [0.15, 0.2) is 48.5 Å². The van der Waals surface area contributed by atoms with E-state index in [4.69, 9.17) is 0 Å². The lowest BCUT2D eigenvalue weighted by Crippen LogP contribution is -1.82. The molecule has 0 unspecified atom stereocenters. The topological polar surface area (TPSA) is 12.0 Å². The SMILES string of the molecule is C=PNc1ccc(-c2ccc(C)cc2)cc1. The van der Waals surface area contributed by atoms with Gasteiger partial charge in [-0.3, -0.25) is 0 Å². The minimum atomic E-state index is 0.928. The third-order valence-corrected chi connectivity index (χ3v) is 2.89. The summed E-state index contributed by atoms with van der Waals surface area (Å²) in [5.41, 5.74) is 4.89. The fourth-order valence-corrected chi connectivity index (χ4v) is 1.91. The van der Waals surface area contributed by atoms with E-state index in [0.717, 1.165) is 14.0 Å². The van der Waals surface area contributed by atoms with E-state index in [0.29, 0.717) is 0 Å². The van der Waals surface area contributed by atoms with Crippen molar-refractivity contribution in [2.45, 2.75) is 6.92 Å². The molecule has 1 N–H and O–H groups in total. The third kappa shape index (κ3) is 2.50. The monoisotopic (exact) mass is 227 g/mol. The third-order valence-electron chi connectivity index (χ3n) is 2.48. The van der Waals surface area contributed by atoms with E-state index in [-0.39, 0.29) is 0 Å².